The Hall–Kier alpha value is -2.81. The number of aromatic nitrogens is 3. The molecule has 0 aliphatic carbocycles. The van der Waals surface area contributed by atoms with Crippen LogP contribution < -0.4 is 0 Å². The zero-order valence-electron chi connectivity index (χ0n) is 47.3. The zero-order chi connectivity index (χ0) is 56.1. The van der Waals surface area contributed by atoms with Gasteiger partial charge in [0, 0.05) is 84.9 Å². The van der Waals surface area contributed by atoms with E-state index >= 15 is 0 Å². The van der Waals surface area contributed by atoms with Crippen LogP contribution in [0, 0.1) is 17.8 Å². The molecule has 22 heteroatoms. The third-order valence-electron chi connectivity index (χ3n) is 16.4. The van der Waals surface area contributed by atoms with Gasteiger partial charge in [-0.15, -0.1) is 5.10 Å². The van der Waals surface area contributed by atoms with Crippen LogP contribution in [0.15, 0.2) is 35.4 Å². The molecule has 0 amide bonds. The summed E-state index contributed by atoms with van der Waals surface area (Å²) < 4.78 is 87.1. The van der Waals surface area contributed by atoms with Crippen molar-refractivity contribution in [3.8, 4) is 0 Å². The molecule has 3 aliphatic rings. The molecule has 0 unspecified atom stereocenters. The number of carbonyl (C=O) groups excluding carboxylic acids is 1. The first-order valence-electron chi connectivity index (χ1n) is 26.6. The largest absolute Gasteiger partial charge is 0.459 e. The van der Waals surface area contributed by atoms with Crippen LogP contribution in [0.1, 0.15) is 125 Å². The molecule has 4 N–H and O–H groups in total. The van der Waals surface area contributed by atoms with Crippen molar-refractivity contribution in [3.63, 3.8) is 0 Å². The monoisotopic (exact) mass is 1090 g/mol. The van der Waals surface area contributed by atoms with Gasteiger partial charge in [-0.3, -0.25) is 4.79 Å². The summed E-state index contributed by atoms with van der Waals surface area (Å²) in [6.07, 6.45) is -5.15. The number of alkyl halides is 1. The van der Waals surface area contributed by atoms with Crippen LogP contribution in [0.5, 0.6) is 0 Å². The highest BCUT2D eigenvalue weighted by Gasteiger charge is 2.52. The van der Waals surface area contributed by atoms with Gasteiger partial charge < -0.3 is 63.4 Å². The van der Waals surface area contributed by atoms with E-state index in [1.165, 1.54) is 52.1 Å². The van der Waals surface area contributed by atoms with Crippen molar-refractivity contribution >= 4 is 16.0 Å². The summed E-state index contributed by atoms with van der Waals surface area (Å²) in [7, 11) is 6.06. The summed E-state index contributed by atoms with van der Waals surface area (Å²) in [6.45, 7) is 17.9. The van der Waals surface area contributed by atoms with Crippen molar-refractivity contribution in [1.29, 1.82) is 0 Å². The molecule has 4 heterocycles. The number of cyclic esters (lactones) is 1. The molecular formula is C53H91FN6O14S. The van der Waals surface area contributed by atoms with Crippen LogP contribution in [-0.4, -0.2) is 210 Å². The molecular weight excluding hydrogens is 996 g/mol. The number of rotatable bonds is 17. The molecule has 0 spiro atoms. The lowest BCUT2D eigenvalue weighted by molar-refractivity contribution is -0.308. The molecule has 1 aromatic heterocycles. The van der Waals surface area contributed by atoms with Crippen molar-refractivity contribution in [1.82, 2.24) is 29.1 Å². The van der Waals surface area contributed by atoms with Gasteiger partial charge in [0.1, 0.15) is 42.7 Å². The van der Waals surface area contributed by atoms with E-state index in [1.54, 1.807) is 59.9 Å². The Morgan fingerprint density at radius 3 is 2.17 bits per heavy atom. The SMILES string of the molecule is CC[C@H]1OC(=O)[C@H](C)[C@@H](O[C@H]2C[C@@](C)(OC)[C@@H](O)[C@H](C)O2)[C@H](C)[C@@H](O[C@H]2C[C@@H](N(C)CCc3cn([C@H](CF)[C@H](OC)c4ccc(S(=O)(=O)N(C)C)cc4)nn3)C[C@@H](C)O2)[C@](C)(O)C[C@@H](C)CN(C)[C@H](C)[C@@H](O)[C@]1(C)O. The molecule has 3 fully saturated rings. The van der Waals surface area contributed by atoms with Crippen molar-refractivity contribution < 1.29 is 71.2 Å². The molecule has 20 nitrogen and oxygen atoms in total. The highest BCUT2D eigenvalue weighted by atomic mass is 32.2. The summed E-state index contributed by atoms with van der Waals surface area (Å²) in [5.74, 6) is -2.64. The van der Waals surface area contributed by atoms with Gasteiger partial charge in [-0.25, -0.2) is 21.8 Å². The normalized spacial score (nSPS) is 38.2. The molecule has 0 bridgehead atoms. The number of likely N-dealkylation sites (N-methyl/N-ethyl adjacent to an activating group) is 2. The Kier molecular flexibility index (Phi) is 21.8. The Morgan fingerprint density at radius 1 is 0.933 bits per heavy atom. The van der Waals surface area contributed by atoms with E-state index in [0.717, 1.165) is 4.31 Å². The van der Waals surface area contributed by atoms with Crippen LogP contribution in [0.3, 0.4) is 0 Å². The van der Waals surface area contributed by atoms with Crippen LogP contribution in [0.4, 0.5) is 4.39 Å². The number of nitrogens with zero attached hydrogens (tertiary/aromatic N) is 6. The number of hydrogen-bond acceptors (Lipinski definition) is 18. The van der Waals surface area contributed by atoms with Gasteiger partial charge >= 0.3 is 5.97 Å². The molecule has 0 radical (unpaired) electrons. The third-order valence-corrected chi connectivity index (χ3v) is 18.2. The van der Waals surface area contributed by atoms with Gasteiger partial charge in [0.05, 0.1) is 52.1 Å². The molecule has 19 atom stereocenters. The van der Waals surface area contributed by atoms with E-state index in [2.05, 4.69) is 15.2 Å². The maximum atomic E-state index is 14.8. The smallest absolute Gasteiger partial charge is 0.311 e. The van der Waals surface area contributed by atoms with Gasteiger partial charge in [0.2, 0.25) is 10.0 Å². The van der Waals surface area contributed by atoms with Crippen molar-refractivity contribution in [2.75, 3.05) is 62.2 Å². The molecule has 1 aromatic carbocycles. The highest BCUT2D eigenvalue weighted by molar-refractivity contribution is 7.89. The molecule has 3 aliphatic heterocycles. The number of sulfonamides is 1. The summed E-state index contributed by atoms with van der Waals surface area (Å²) in [5, 5.41) is 56.2. The van der Waals surface area contributed by atoms with E-state index in [-0.39, 0.29) is 42.2 Å². The van der Waals surface area contributed by atoms with E-state index in [0.29, 0.717) is 43.6 Å². The van der Waals surface area contributed by atoms with E-state index in [4.69, 9.17) is 33.2 Å². The Morgan fingerprint density at radius 2 is 1.59 bits per heavy atom. The first kappa shape index (κ1) is 63.0. The lowest BCUT2D eigenvalue weighted by atomic mass is 9.77. The molecule has 5 rings (SSSR count). The molecule has 430 valence electrons. The summed E-state index contributed by atoms with van der Waals surface area (Å²) in [6, 6.07) is 4.66. The molecule has 0 saturated carbocycles. The minimum atomic E-state index is -3.66. The van der Waals surface area contributed by atoms with Crippen LogP contribution in [0.25, 0.3) is 0 Å². The van der Waals surface area contributed by atoms with Crippen molar-refractivity contribution in [3.05, 3.63) is 41.7 Å². The average molecular weight is 1090 g/mol. The van der Waals surface area contributed by atoms with Crippen molar-refractivity contribution in [2.24, 2.45) is 17.8 Å². The summed E-state index contributed by atoms with van der Waals surface area (Å²) >= 11 is 0. The number of ether oxygens (including phenoxy) is 7. The van der Waals surface area contributed by atoms with Crippen LogP contribution in [-0.2, 0) is 54.4 Å². The maximum absolute atomic E-state index is 14.8. The topological polar surface area (TPSA) is 237 Å². The summed E-state index contributed by atoms with van der Waals surface area (Å²) in [5.41, 5.74) is -3.24. The van der Waals surface area contributed by atoms with Gasteiger partial charge in [-0.05, 0) is 105 Å². The second kappa shape index (κ2) is 26.0. The number of esters is 1. The minimum Gasteiger partial charge on any atom is -0.459 e. The van der Waals surface area contributed by atoms with Crippen LogP contribution >= 0.6 is 0 Å². The predicted octanol–water partition coefficient (Wildman–Crippen LogP) is 4.28. The molecule has 75 heavy (non-hydrogen) atoms. The first-order chi connectivity index (χ1) is 34.9. The van der Waals surface area contributed by atoms with Gasteiger partial charge in [0.15, 0.2) is 12.6 Å². The number of methoxy groups -OCH3 is 2. The lowest BCUT2D eigenvalue weighted by Gasteiger charge is -2.48. The standard InChI is InChI=1S/C53H91FN6O14S/c1-17-42-53(10,65)47(61)35(6)59(14)29-31(2)26-51(8,64)49(33(4)45(34(5)50(63)72-42)73-44-27-52(9,69-16)48(62)36(7)71-44)74-43-25-39(24-32(3)70-43)58(13)23-22-38-30-60(56-55-38)41(28-54)46(68-15)37-18-20-40(21-19-37)75(66,67)57(11)12/h18-21,30-36,39,41-49,61-62,64-65H,17,22-29H2,1-16H3/t31-,32-,33+,34-,35-,36+,39+,41-,42-,43+,44+,45+,46-,47-,48+,49-,51-,52-,53-/m1/s1. The maximum Gasteiger partial charge on any atom is 0.311 e. The second-order valence-corrected chi connectivity index (χ2v) is 24.9. The van der Waals surface area contributed by atoms with E-state index in [9.17, 15) is 38.0 Å². The second-order valence-electron chi connectivity index (χ2n) is 22.7. The lowest BCUT2D eigenvalue weighted by Crippen LogP contribution is -2.59. The van der Waals surface area contributed by atoms with Gasteiger partial charge in [-0.1, -0.05) is 38.1 Å². The number of hydrogen-bond donors (Lipinski definition) is 4. The van der Waals surface area contributed by atoms with Crippen molar-refractivity contribution in [2.45, 2.75) is 209 Å². The fraction of sp³-hybridized carbons (Fsp3) is 0.830. The van der Waals surface area contributed by atoms with E-state index in [1.807, 2.05) is 39.8 Å². The number of halogens is 1. The van der Waals surface area contributed by atoms with Crippen LogP contribution in [0.2, 0.25) is 0 Å². The zero-order valence-corrected chi connectivity index (χ0v) is 48.1. The van der Waals surface area contributed by atoms with Gasteiger partial charge in [0.25, 0.3) is 0 Å². The Labute approximate surface area is 445 Å². The number of aliphatic hydroxyl groups is 4. The summed E-state index contributed by atoms with van der Waals surface area (Å²) in [4.78, 5) is 18.7. The third kappa shape index (κ3) is 14.7. The quantitative estimate of drug-likeness (QED) is 0.162. The number of aliphatic hydroxyl groups excluding tert-OH is 2. The van der Waals surface area contributed by atoms with E-state index < -0.39 is 119 Å². The Bertz CT molecular complexity index is 2230. The predicted molar refractivity (Wildman–Crippen MR) is 278 cm³/mol. The minimum absolute atomic E-state index is 0.0532. The molecule has 2 aromatic rings. The average Bonchev–Trinajstić information content (AvgIpc) is 3.83. The first-order valence-corrected chi connectivity index (χ1v) is 28.0. The Balaban J connectivity index is 1.41. The number of carbonyl (C=O) groups is 1. The molecule has 3 saturated heterocycles. The fourth-order valence-corrected chi connectivity index (χ4v) is 12.4. The number of benzene rings is 1. The fourth-order valence-electron chi connectivity index (χ4n) is 11.5. The highest BCUT2D eigenvalue weighted by Crippen LogP contribution is 2.41. The van der Waals surface area contributed by atoms with Gasteiger partial charge in [-0.2, -0.15) is 0 Å².